The molecule has 1 N–H and O–H groups in total. The molecule has 0 aromatic carbocycles. The molecule has 1 fully saturated rings. The number of anilines is 1. The van der Waals surface area contributed by atoms with Gasteiger partial charge in [-0.15, -0.1) is 0 Å². The molecule has 0 bridgehead atoms. The minimum Gasteiger partial charge on any atom is -0.379 e. The predicted molar refractivity (Wildman–Crippen MR) is 75.2 cm³/mol. The van der Waals surface area contributed by atoms with E-state index in [1.54, 1.807) is 7.11 Å². The summed E-state index contributed by atoms with van der Waals surface area (Å²) in [6.45, 7) is 0. The maximum absolute atomic E-state index is 12.8. The van der Waals surface area contributed by atoms with Crippen molar-refractivity contribution in [1.82, 2.24) is 4.98 Å². The summed E-state index contributed by atoms with van der Waals surface area (Å²) in [6, 6.07) is 3.71. The van der Waals surface area contributed by atoms with Gasteiger partial charge in [0.25, 0.3) is 0 Å². The zero-order valence-electron chi connectivity index (χ0n) is 12.3. The van der Waals surface area contributed by atoms with Crippen LogP contribution in [0.5, 0.6) is 0 Å². The summed E-state index contributed by atoms with van der Waals surface area (Å²) in [4.78, 5) is 3.59. The number of methoxy groups -OCH3 is 1. The van der Waals surface area contributed by atoms with Crippen molar-refractivity contribution in [2.75, 3.05) is 12.4 Å². The van der Waals surface area contributed by atoms with Crippen molar-refractivity contribution in [1.29, 1.82) is 5.26 Å². The van der Waals surface area contributed by atoms with Crippen LogP contribution in [0, 0.1) is 11.3 Å². The molecular weight excluding hydrogens is 295 g/mol. The van der Waals surface area contributed by atoms with Crippen molar-refractivity contribution in [3.8, 4) is 6.07 Å². The first kappa shape index (κ1) is 16.6. The SMILES string of the molecule is CO[C@H]1CCCCC[C@H]1Nc1nc(C(F)(F)F)ccc1C#N. The Labute approximate surface area is 127 Å². The zero-order valence-corrected chi connectivity index (χ0v) is 12.3. The van der Waals surface area contributed by atoms with E-state index < -0.39 is 11.9 Å². The molecule has 1 heterocycles. The van der Waals surface area contributed by atoms with Crippen molar-refractivity contribution in [3.05, 3.63) is 23.4 Å². The second-order valence-corrected chi connectivity index (χ2v) is 5.37. The molecule has 0 unspecified atom stereocenters. The van der Waals surface area contributed by atoms with E-state index >= 15 is 0 Å². The van der Waals surface area contributed by atoms with Gasteiger partial charge in [0, 0.05) is 7.11 Å². The van der Waals surface area contributed by atoms with Crippen molar-refractivity contribution in [3.63, 3.8) is 0 Å². The number of hydrogen-bond acceptors (Lipinski definition) is 4. The van der Waals surface area contributed by atoms with Gasteiger partial charge < -0.3 is 10.1 Å². The molecule has 1 aromatic heterocycles. The van der Waals surface area contributed by atoms with E-state index in [1.807, 2.05) is 6.07 Å². The van der Waals surface area contributed by atoms with E-state index in [0.717, 1.165) is 44.2 Å². The Hall–Kier alpha value is -1.81. The van der Waals surface area contributed by atoms with Crippen LogP contribution in [0.4, 0.5) is 19.0 Å². The number of alkyl halides is 3. The van der Waals surface area contributed by atoms with Crippen LogP contribution in [0.25, 0.3) is 0 Å². The fourth-order valence-electron chi connectivity index (χ4n) is 2.71. The summed E-state index contributed by atoms with van der Waals surface area (Å²) < 4.78 is 43.8. The number of ether oxygens (including phenoxy) is 1. The van der Waals surface area contributed by atoms with Gasteiger partial charge in [0.1, 0.15) is 17.6 Å². The minimum atomic E-state index is -4.53. The number of aromatic nitrogens is 1. The number of rotatable bonds is 3. The van der Waals surface area contributed by atoms with E-state index in [0.29, 0.717) is 0 Å². The number of pyridine rings is 1. The van der Waals surface area contributed by atoms with Crippen molar-refractivity contribution < 1.29 is 17.9 Å². The fourth-order valence-corrected chi connectivity index (χ4v) is 2.71. The molecule has 0 radical (unpaired) electrons. The lowest BCUT2D eigenvalue weighted by Crippen LogP contribution is -2.34. The van der Waals surface area contributed by atoms with E-state index in [9.17, 15) is 13.2 Å². The third kappa shape index (κ3) is 3.89. The van der Waals surface area contributed by atoms with Crippen LogP contribution in [-0.2, 0) is 10.9 Å². The molecule has 0 saturated heterocycles. The summed E-state index contributed by atoms with van der Waals surface area (Å²) in [5, 5.41) is 12.1. The lowest BCUT2D eigenvalue weighted by atomic mass is 10.1. The summed E-state index contributed by atoms with van der Waals surface area (Å²) in [5.74, 6) is -0.0220. The molecule has 0 aliphatic heterocycles. The van der Waals surface area contributed by atoms with Crippen LogP contribution in [-0.4, -0.2) is 24.2 Å². The molecule has 4 nitrogen and oxygen atoms in total. The monoisotopic (exact) mass is 313 g/mol. The van der Waals surface area contributed by atoms with Crippen LogP contribution in [0.15, 0.2) is 12.1 Å². The first-order valence-electron chi connectivity index (χ1n) is 7.23. The molecule has 0 spiro atoms. The summed E-state index contributed by atoms with van der Waals surface area (Å²) >= 11 is 0. The smallest absolute Gasteiger partial charge is 0.379 e. The van der Waals surface area contributed by atoms with Crippen molar-refractivity contribution in [2.24, 2.45) is 0 Å². The lowest BCUT2D eigenvalue weighted by Gasteiger charge is -2.26. The third-order valence-electron chi connectivity index (χ3n) is 3.88. The summed E-state index contributed by atoms with van der Waals surface area (Å²) in [5.41, 5.74) is -0.899. The standard InChI is InChI=1S/C15H18F3N3O/c1-22-12-6-4-2-3-5-11(12)20-14-10(9-19)7-8-13(21-14)15(16,17)18/h7-8,11-12H,2-6H2,1H3,(H,20,21)/t11-,12+/m1/s1. The van der Waals surface area contributed by atoms with Crippen molar-refractivity contribution in [2.45, 2.75) is 50.4 Å². The van der Waals surface area contributed by atoms with E-state index in [4.69, 9.17) is 10.00 Å². The van der Waals surface area contributed by atoms with Gasteiger partial charge in [0.15, 0.2) is 0 Å². The molecule has 2 atom stereocenters. The Balaban J connectivity index is 2.28. The molecule has 2 rings (SSSR count). The minimum absolute atomic E-state index is 0.0220. The predicted octanol–water partition coefficient (Wildman–Crippen LogP) is 3.73. The Bertz CT molecular complexity index is 554. The quantitative estimate of drug-likeness (QED) is 0.864. The maximum Gasteiger partial charge on any atom is 0.433 e. The van der Waals surface area contributed by atoms with Crippen LogP contribution in [0.1, 0.15) is 43.4 Å². The highest BCUT2D eigenvalue weighted by Gasteiger charge is 2.33. The molecular formula is C15H18F3N3O. The van der Waals surface area contributed by atoms with Gasteiger partial charge in [-0.05, 0) is 25.0 Å². The van der Waals surface area contributed by atoms with Gasteiger partial charge in [-0.2, -0.15) is 18.4 Å². The van der Waals surface area contributed by atoms with Crippen LogP contribution < -0.4 is 5.32 Å². The van der Waals surface area contributed by atoms with Crippen LogP contribution in [0.3, 0.4) is 0 Å². The van der Waals surface area contributed by atoms with Gasteiger partial charge in [-0.1, -0.05) is 19.3 Å². The Kier molecular flexibility index (Phi) is 5.24. The van der Waals surface area contributed by atoms with Gasteiger partial charge in [-0.25, -0.2) is 4.98 Å². The Morgan fingerprint density at radius 1 is 1.27 bits per heavy atom. The molecule has 120 valence electrons. The average Bonchev–Trinajstić information content (AvgIpc) is 2.71. The summed E-state index contributed by atoms with van der Waals surface area (Å²) in [7, 11) is 1.59. The molecule has 22 heavy (non-hydrogen) atoms. The van der Waals surface area contributed by atoms with E-state index in [1.165, 1.54) is 0 Å². The average molecular weight is 313 g/mol. The highest BCUT2D eigenvalue weighted by molar-refractivity contribution is 5.53. The largest absolute Gasteiger partial charge is 0.433 e. The molecule has 1 saturated carbocycles. The van der Waals surface area contributed by atoms with Gasteiger partial charge in [-0.3, -0.25) is 0 Å². The van der Waals surface area contributed by atoms with E-state index in [2.05, 4.69) is 10.3 Å². The molecule has 1 aromatic rings. The maximum atomic E-state index is 12.8. The second-order valence-electron chi connectivity index (χ2n) is 5.37. The number of nitrogens with zero attached hydrogens (tertiary/aromatic N) is 2. The van der Waals surface area contributed by atoms with Gasteiger partial charge >= 0.3 is 6.18 Å². The third-order valence-corrected chi connectivity index (χ3v) is 3.88. The topological polar surface area (TPSA) is 57.9 Å². The lowest BCUT2D eigenvalue weighted by molar-refractivity contribution is -0.141. The Morgan fingerprint density at radius 3 is 2.64 bits per heavy atom. The molecule has 0 amide bonds. The first-order valence-corrected chi connectivity index (χ1v) is 7.23. The van der Waals surface area contributed by atoms with Crippen molar-refractivity contribution >= 4 is 5.82 Å². The highest BCUT2D eigenvalue weighted by Crippen LogP contribution is 2.30. The summed E-state index contributed by atoms with van der Waals surface area (Å²) in [6.07, 6.45) is 0.0607. The molecule has 1 aliphatic rings. The number of halogens is 3. The van der Waals surface area contributed by atoms with Crippen LogP contribution in [0.2, 0.25) is 0 Å². The van der Waals surface area contributed by atoms with Gasteiger partial charge in [0.2, 0.25) is 0 Å². The van der Waals surface area contributed by atoms with Gasteiger partial charge in [0.05, 0.1) is 17.7 Å². The normalized spacial score (nSPS) is 22.7. The number of nitrogens with one attached hydrogen (secondary N) is 1. The second kappa shape index (κ2) is 6.97. The zero-order chi connectivity index (χ0) is 16.2. The highest BCUT2D eigenvalue weighted by atomic mass is 19.4. The fraction of sp³-hybridized carbons (Fsp3) is 0.600. The number of nitriles is 1. The van der Waals surface area contributed by atoms with E-state index in [-0.39, 0.29) is 23.5 Å². The molecule has 1 aliphatic carbocycles. The number of hydrogen-bond donors (Lipinski definition) is 1. The van der Waals surface area contributed by atoms with Crippen LogP contribution >= 0.6 is 0 Å². The first-order chi connectivity index (χ1) is 10.5. The Morgan fingerprint density at radius 2 is 2.00 bits per heavy atom. The molecule has 7 heteroatoms.